The van der Waals surface area contributed by atoms with Crippen LogP contribution in [0.4, 0.5) is 4.79 Å². The summed E-state index contributed by atoms with van der Waals surface area (Å²) in [7, 11) is 0. The first-order chi connectivity index (χ1) is 6.72. The van der Waals surface area contributed by atoms with Crippen LogP contribution in [0.1, 0.15) is 25.3 Å². The van der Waals surface area contributed by atoms with Crippen molar-refractivity contribution in [3.63, 3.8) is 0 Å². The zero-order valence-corrected chi connectivity index (χ0v) is 8.19. The van der Waals surface area contributed by atoms with E-state index in [1.165, 1.54) is 0 Å². The van der Waals surface area contributed by atoms with E-state index in [4.69, 9.17) is 5.11 Å². The van der Waals surface area contributed by atoms with Crippen LogP contribution in [0.3, 0.4) is 0 Å². The minimum atomic E-state index is -1.27. The Morgan fingerprint density at radius 3 is 2.93 bits per heavy atom. The summed E-state index contributed by atoms with van der Waals surface area (Å²) in [4.78, 5) is 10.3. The second-order valence-corrected chi connectivity index (χ2v) is 3.12. The highest BCUT2D eigenvalue weighted by Crippen LogP contribution is 2.15. The van der Waals surface area contributed by atoms with Crippen LogP contribution >= 0.6 is 0 Å². The largest absolute Gasteiger partial charge is 0.511 e. The quantitative estimate of drug-likeness (QED) is 0.591. The van der Waals surface area contributed by atoms with Crippen molar-refractivity contribution in [1.82, 2.24) is 0 Å². The van der Waals surface area contributed by atoms with Crippen molar-refractivity contribution in [3.8, 4) is 5.75 Å². The van der Waals surface area contributed by atoms with Gasteiger partial charge in [0.05, 0.1) is 0 Å². The third kappa shape index (κ3) is 3.47. The third-order valence-corrected chi connectivity index (χ3v) is 1.92. The molecular formula is C11H14O3. The fourth-order valence-electron chi connectivity index (χ4n) is 1.25. The molecule has 3 nitrogen and oxygen atoms in total. The van der Waals surface area contributed by atoms with Crippen molar-refractivity contribution in [1.29, 1.82) is 0 Å². The molecule has 0 spiro atoms. The summed E-state index contributed by atoms with van der Waals surface area (Å²) < 4.78 is 4.55. The molecule has 0 aliphatic heterocycles. The second kappa shape index (κ2) is 5.27. The normalized spacial score (nSPS) is 9.79. The van der Waals surface area contributed by atoms with Gasteiger partial charge in [-0.2, -0.15) is 0 Å². The average Bonchev–Trinajstić information content (AvgIpc) is 2.14. The van der Waals surface area contributed by atoms with E-state index in [1.54, 1.807) is 12.1 Å². The van der Waals surface area contributed by atoms with Gasteiger partial charge in [-0.15, -0.1) is 0 Å². The highest BCUT2D eigenvalue weighted by molar-refractivity contribution is 5.61. The molecule has 0 radical (unpaired) electrons. The molecule has 14 heavy (non-hydrogen) atoms. The maximum Gasteiger partial charge on any atom is 0.511 e. The molecule has 0 aromatic heterocycles. The molecule has 0 heterocycles. The number of aryl methyl sites for hydroxylation is 1. The molecule has 1 aromatic rings. The fraction of sp³-hybridized carbons (Fsp3) is 0.364. The van der Waals surface area contributed by atoms with E-state index >= 15 is 0 Å². The van der Waals surface area contributed by atoms with E-state index in [2.05, 4.69) is 11.7 Å². The Hall–Kier alpha value is -1.51. The molecule has 0 saturated heterocycles. The van der Waals surface area contributed by atoms with E-state index in [1.807, 2.05) is 12.1 Å². The molecule has 1 rings (SSSR count). The summed E-state index contributed by atoms with van der Waals surface area (Å²) in [5, 5.41) is 8.41. The van der Waals surface area contributed by atoms with E-state index < -0.39 is 6.16 Å². The van der Waals surface area contributed by atoms with Crippen LogP contribution < -0.4 is 4.74 Å². The molecule has 76 valence electrons. The van der Waals surface area contributed by atoms with Gasteiger partial charge < -0.3 is 9.84 Å². The number of hydrogen-bond donors (Lipinski definition) is 1. The van der Waals surface area contributed by atoms with Crippen molar-refractivity contribution in [2.45, 2.75) is 26.2 Å². The summed E-state index contributed by atoms with van der Waals surface area (Å²) in [6, 6.07) is 7.20. The van der Waals surface area contributed by atoms with Gasteiger partial charge in [0.1, 0.15) is 5.75 Å². The molecule has 0 atom stereocenters. The first-order valence-electron chi connectivity index (χ1n) is 4.72. The topological polar surface area (TPSA) is 46.5 Å². The van der Waals surface area contributed by atoms with Gasteiger partial charge in [0, 0.05) is 0 Å². The number of rotatable bonds is 4. The van der Waals surface area contributed by atoms with Crippen LogP contribution in [0.25, 0.3) is 0 Å². The van der Waals surface area contributed by atoms with Crippen molar-refractivity contribution in [3.05, 3.63) is 29.8 Å². The lowest BCUT2D eigenvalue weighted by Gasteiger charge is -2.03. The van der Waals surface area contributed by atoms with Gasteiger partial charge in [-0.05, 0) is 30.5 Å². The highest BCUT2D eigenvalue weighted by atomic mass is 16.7. The number of carboxylic acid groups (broad SMARTS) is 1. The molecule has 1 N–H and O–H groups in total. The minimum absolute atomic E-state index is 0.395. The summed E-state index contributed by atoms with van der Waals surface area (Å²) in [5.74, 6) is 0.395. The summed E-state index contributed by atoms with van der Waals surface area (Å²) in [5.41, 5.74) is 1.12. The molecule has 0 amide bonds. The minimum Gasteiger partial charge on any atom is -0.449 e. The number of ether oxygens (including phenoxy) is 1. The fourth-order valence-corrected chi connectivity index (χ4v) is 1.25. The maximum absolute atomic E-state index is 10.3. The van der Waals surface area contributed by atoms with Crippen LogP contribution in [-0.2, 0) is 6.42 Å². The van der Waals surface area contributed by atoms with Crippen molar-refractivity contribution in [2.24, 2.45) is 0 Å². The first kappa shape index (κ1) is 10.6. The van der Waals surface area contributed by atoms with E-state index in [9.17, 15) is 4.79 Å². The highest BCUT2D eigenvalue weighted by Gasteiger charge is 2.01. The Balaban J connectivity index is 2.63. The van der Waals surface area contributed by atoms with Gasteiger partial charge in [0.15, 0.2) is 0 Å². The zero-order valence-electron chi connectivity index (χ0n) is 8.19. The number of hydrogen-bond acceptors (Lipinski definition) is 2. The lowest BCUT2D eigenvalue weighted by atomic mass is 10.1. The van der Waals surface area contributed by atoms with Gasteiger partial charge in [0.25, 0.3) is 0 Å². The van der Waals surface area contributed by atoms with Gasteiger partial charge in [-0.3, -0.25) is 0 Å². The monoisotopic (exact) mass is 194 g/mol. The van der Waals surface area contributed by atoms with Crippen molar-refractivity contribution in [2.75, 3.05) is 0 Å². The van der Waals surface area contributed by atoms with Crippen LogP contribution in [0.2, 0.25) is 0 Å². The molecule has 3 heteroatoms. The molecule has 0 unspecified atom stereocenters. The summed E-state index contributed by atoms with van der Waals surface area (Å²) in [6.45, 7) is 2.12. The molecule has 0 bridgehead atoms. The Morgan fingerprint density at radius 2 is 2.29 bits per heavy atom. The first-order valence-corrected chi connectivity index (χ1v) is 4.72. The molecular weight excluding hydrogens is 180 g/mol. The molecule has 0 aliphatic rings. The van der Waals surface area contributed by atoms with E-state index in [0.29, 0.717) is 5.75 Å². The maximum atomic E-state index is 10.3. The number of benzene rings is 1. The van der Waals surface area contributed by atoms with E-state index in [-0.39, 0.29) is 0 Å². The SMILES string of the molecule is CCCCc1cccc(OC(=O)O)c1. The third-order valence-electron chi connectivity index (χ3n) is 1.92. The predicted octanol–water partition coefficient (Wildman–Crippen LogP) is 3.09. The van der Waals surface area contributed by atoms with E-state index in [0.717, 1.165) is 24.8 Å². The van der Waals surface area contributed by atoms with Crippen LogP contribution in [0.5, 0.6) is 5.75 Å². The summed E-state index contributed by atoms with van der Waals surface area (Å²) in [6.07, 6.45) is 1.94. The van der Waals surface area contributed by atoms with Crippen molar-refractivity contribution < 1.29 is 14.6 Å². The smallest absolute Gasteiger partial charge is 0.449 e. The lowest BCUT2D eigenvalue weighted by molar-refractivity contribution is 0.144. The number of unbranched alkanes of at least 4 members (excludes halogenated alkanes) is 1. The Labute approximate surface area is 83.3 Å². The Bertz CT molecular complexity index is 307. The zero-order chi connectivity index (χ0) is 10.4. The second-order valence-electron chi connectivity index (χ2n) is 3.12. The average molecular weight is 194 g/mol. The van der Waals surface area contributed by atoms with Crippen LogP contribution in [0.15, 0.2) is 24.3 Å². The van der Waals surface area contributed by atoms with Crippen LogP contribution in [-0.4, -0.2) is 11.3 Å². The number of carbonyl (C=O) groups is 1. The standard InChI is InChI=1S/C11H14O3/c1-2-3-5-9-6-4-7-10(8-9)14-11(12)13/h4,6-8H,2-3,5H2,1H3,(H,12,13). The lowest BCUT2D eigenvalue weighted by Crippen LogP contribution is -2.03. The molecule has 0 aliphatic carbocycles. The van der Waals surface area contributed by atoms with Crippen molar-refractivity contribution >= 4 is 6.16 Å². The van der Waals surface area contributed by atoms with Gasteiger partial charge >= 0.3 is 6.16 Å². The molecule has 0 fully saturated rings. The van der Waals surface area contributed by atoms with Gasteiger partial charge in [0.2, 0.25) is 0 Å². The van der Waals surface area contributed by atoms with Crippen LogP contribution in [0, 0.1) is 0 Å². The summed E-state index contributed by atoms with van der Waals surface area (Å²) >= 11 is 0. The molecule has 1 aromatic carbocycles. The van der Waals surface area contributed by atoms with Gasteiger partial charge in [-0.25, -0.2) is 4.79 Å². The molecule has 0 saturated carbocycles. The Morgan fingerprint density at radius 1 is 1.50 bits per heavy atom. The predicted molar refractivity (Wildman–Crippen MR) is 53.7 cm³/mol. The van der Waals surface area contributed by atoms with Gasteiger partial charge in [-0.1, -0.05) is 25.5 Å². The Kier molecular flexibility index (Phi) is 3.98.